The van der Waals surface area contributed by atoms with E-state index in [2.05, 4.69) is 58.5 Å². The van der Waals surface area contributed by atoms with Crippen molar-refractivity contribution in [2.75, 3.05) is 0 Å². The number of nitrogens with zero attached hydrogens (tertiary/aromatic N) is 2. The lowest BCUT2D eigenvalue weighted by Crippen LogP contribution is -2.06. The van der Waals surface area contributed by atoms with Crippen LogP contribution in [0.2, 0.25) is 0 Å². The summed E-state index contributed by atoms with van der Waals surface area (Å²) in [6.45, 7) is 2.16. The molecule has 0 saturated carbocycles. The molecule has 4 aromatic carbocycles. The van der Waals surface area contributed by atoms with E-state index in [-0.39, 0.29) is 11.5 Å². The van der Waals surface area contributed by atoms with Crippen LogP contribution >= 0.6 is 0 Å². The molecule has 0 aliphatic heterocycles. The third-order valence-electron chi connectivity index (χ3n) is 7.59. The Morgan fingerprint density at radius 2 is 1.27 bits per heavy atom. The number of fused-ring (bicyclic) bond motifs is 6. The summed E-state index contributed by atoms with van der Waals surface area (Å²) in [6.07, 6.45) is 4.28. The smallest absolute Gasteiger partial charge is 0.116 e. The Kier molecular flexibility index (Phi) is 4.64. The molecule has 0 amide bonds. The minimum absolute atomic E-state index is 0.192. The first-order valence-corrected chi connectivity index (χ1v) is 12.6. The lowest BCUT2D eigenvalue weighted by atomic mass is 9.99. The van der Waals surface area contributed by atoms with Gasteiger partial charge in [-0.05, 0) is 91.2 Å². The second-order valence-corrected chi connectivity index (χ2v) is 9.79. The Balaban J connectivity index is 1.50. The van der Waals surface area contributed by atoms with Crippen LogP contribution in [0.4, 0.5) is 0 Å². The van der Waals surface area contributed by atoms with Crippen LogP contribution in [0.25, 0.3) is 50.2 Å². The van der Waals surface area contributed by atoms with Gasteiger partial charge in [0, 0.05) is 45.2 Å². The number of aliphatic hydroxyl groups excluding tert-OH is 1. The summed E-state index contributed by atoms with van der Waals surface area (Å²) in [6, 6.07) is 25.8. The van der Waals surface area contributed by atoms with Crippen LogP contribution in [-0.2, 0) is 12.8 Å². The summed E-state index contributed by atoms with van der Waals surface area (Å²) in [5.74, 6) is 0.813. The quantitative estimate of drug-likeness (QED) is 0.242. The average molecular weight is 487 g/mol. The molecule has 3 N–H and O–H groups in total. The highest BCUT2D eigenvalue weighted by atomic mass is 16.3. The Bertz CT molecular complexity index is 1850. The van der Waals surface area contributed by atoms with Crippen molar-refractivity contribution in [1.82, 2.24) is 9.13 Å². The normalized spacial score (nSPS) is 13.4. The van der Waals surface area contributed by atoms with Gasteiger partial charge in [0.25, 0.3) is 0 Å². The number of phenols is 2. The van der Waals surface area contributed by atoms with E-state index in [4.69, 9.17) is 0 Å². The first-order chi connectivity index (χ1) is 18.0. The van der Waals surface area contributed by atoms with Gasteiger partial charge in [0.1, 0.15) is 11.5 Å². The van der Waals surface area contributed by atoms with Gasteiger partial charge in [-0.2, -0.15) is 0 Å². The van der Waals surface area contributed by atoms with E-state index >= 15 is 0 Å². The minimum atomic E-state index is 0.192. The van der Waals surface area contributed by atoms with Crippen molar-refractivity contribution in [1.29, 1.82) is 0 Å². The molecule has 0 radical (unpaired) electrons. The molecule has 0 spiro atoms. The maximum atomic E-state index is 10.3. The van der Waals surface area contributed by atoms with Crippen molar-refractivity contribution >= 4 is 38.8 Å². The van der Waals surface area contributed by atoms with Crippen LogP contribution in [0.1, 0.15) is 30.2 Å². The van der Waals surface area contributed by atoms with Crippen LogP contribution in [0, 0.1) is 0 Å². The van der Waals surface area contributed by atoms with Crippen molar-refractivity contribution in [2.45, 2.75) is 26.2 Å². The van der Waals surface area contributed by atoms with E-state index < -0.39 is 0 Å². The first-order valence-electron chi connectivity index (χ1n) is 12.6. The summed E-state index contributed by atoms with van der Waals surface area (Å²) >= 11 is 0. The molecule has 0 saturated heterocycles. The molecule has 2 heterocycles. The van der Waals surface area contributed by atoms with Crippen molar-refractivity contribution in [3.63, 3.8) is 0 Å². The summed E-state index contributed by atoms with van der Waals surface area (Å²) < 4.78 is 4.49. The standard InChI is InChI=1S/C32H26N2O3/c1-2-19-6-10-29-25(14-19)26-16-22(35)7-11-30(26)33(29)20-4-3-5-21(15-20)34-31-12-8-23(36)17-27(31)28-18-24(37)9-13-32(28)34/h3-6,8-10,12-18,35-37H,2,7,11H2,1H3. The van der Waals surface area contributed by atoms with E-state index in [9.17, 15) is 15.3 Å². The third-order valence-corrected chi connectivity index (χ3v) is 7.59. The van der Waals surface area contributed by atoms with Crippen LogP contribution in [0.15, 0.2) is 84.6 Å². The van der Waals surface area contributed by atoms with E-state index in [1.54, 1.807) is 24.3 Å². The molecule has 0 fully saturated rings. The summed E-state index contributed by atoms with van der Waals surface area (Å²) in [5, 5.41) is 33.6. The number of aliphatic hydroxyl groups is 1. The second kappa shape index (κ2) is 7.93. The highest BCUT2D eigenvalue weighted by Gasteiger charge is 2.22. The molecule has 5 heteroatoms. The Morgan fingerprint density at radius 3 is 1.95 bits per heavy atom. The lowest BCUT2D eigenvalue weighted by molar-refractivity contribution is 0.390. The maximum Gasteiger partial charge on any atom is 0.116 e. The van der Waals surface area contributed by atoms with Gasteiger partial charge < -0.3 is 24.5 Å². The minimum Gasteiger partial charge on any atom is -0.512 e. The van der Waals surface area contributed by atoms with E-state index in [0.29, 0.717) is 12.2 Å². The zero-order chi connectivity index (χ0) is 25.3. The number of allylic oxidation sites excluding steroid dienone is 1. The number of rotatable bonds is 3. The van der Waals surface area contributed by atoms with Crippen molar-refractivity contribution in [3.8, 4) is 22.9 Å². The summed E-state index contributed by atoms with van der Waals surface area (Å²) in [4.78, 5) is 0. The highest BCUT2D eigenvalue weighted by Crippen LogP contribution is 2.38. The monoisotopic (exact) mass is 486 g/mol. The van der Waals surface area contributed by atoms with Gasteiger partial charge in [0.15, 0.2) is 0 Å². The largest absolute Gasteiger partial charge is 0.512 e. The van der Waals surface area contributed by atoms with Crippen molar-refractivity contribution in [3.05, 3.63) is 101 Å². The molecule has 182 valence electrons. The predicted octanol–water partition coefficient (Wildman–Crippen LogP) is 7.55. The average Bonchev–Trinajstić information content (AvgIpc) is 3.40. The van der Waals surface area contributed by atoms with Crippen molar-refractivity contribution in [2.24, 2.45) is 0 Å². The van der Waals surface area contributed by atoms with Gasteiger partial charge in [0.2, 0.25) is 0 Å². The van der Waals surface area contributed by atoms with E-state index in [1.807, 2.05) is 18.2 Å². The molecule has 0 atom stereocenters. The van der Waals surface area contributed by atoms with Crippen LogP contribution < -0.4 is 0 Å². The van der Waals surface area contributed by atoms with Crippen LogP contribution in [0.3, 0.4) is 0 Å². The van der Waals surface area contributed by atoms with Crippen molar-refractivity contribution < 1.29 is 15.3 Å². The molecular weight excluding hydrogens is 460 g/mol. The summed E-state index contributed by atoms with van der Waals surface area (Å²) in [5.41, 5.74) is 8.65. The fourth-order valence-electron chi connectivity index (χ4n) is 5.87. The van der Waals surface area contributed by atoms with Gasteiger partial charge in [-0.1, -0.05) is 19.1 Å². The molecular formula is C32H26N2O3. The predicted molar refractivity (Wildman–Crippen MR) is 149 cm³/mol. The number of aromatic hydroxyl groups is 2. The van der Waals surface area contributed by atoms with Gasteiger partial charge in [-0.25, -0.2) is 0 Å². The van der Waals surface area contributed by atoms with Gasteiger partial charge in [-0.3, -0.25) is 0 Å². The Labute approximate surface area is 213 Å². The zero-order valence-corrected chi connectivity index (χ0v) is 20.4. The maximum absolute atomic E-state index is 10.3. The topological polar surface area (TPSA) is 70.5 Å². The third kappa shape index (κ3) is 3.24. The Morgan fingerprint density at radius 1 is 0.649 bits per heavy atom. The molecule has 7 rings (SSSR count). The first kappa shape index (κ1) is 21.6. The molecule has 0 bridgehead atoms. The number of aryl methyl sites for hydroxylation is 1. The lowest BCUT2D eigenvalue weighted by Gasteiger charge is -2.16. The molecule has 37 heavy (non-hydrogen) atoms. The highest BCUT2D eigenvalue weighted by molar-refractivity contribution is 6.10. The molecule has 2 aromatic heterocycles. The number of hydrogen-bond donors (Lipinski definition) is 3. The van der Waals surface area contributed by atoms with Gasteiger partial charge in [0.05, 0.1) is 22.3 Å². The SMILES string of the molecule is CCc1ccc2c(c1)c1c(n2-c2cccc(-n3c4ccc(O)cc4c4cc(O)ccc43)c2)CCC(O)=C1. The zero-order valence-electron chi connectivity index (χ0n) is 20.4. The molecule has 1 aliphatic rings. The fraction of sp³-hybridized carbons (Fsp3) is 0.125. The van der Waals surface area contributed by atoms with Crippen LogP contribution in [0.5, 0.6) is 11.5 Å². The van der Waals surface area contributed by atoms with Gasteiger partial charge >= 0.3 is 0 Å². The Hall–Kier alpha value is -4.64. The number of hydrogen-bond acceptors (Lipinski definition) is 3. The van der Waals surface area contributed by atoms with Gasteiger partial charge in [-0.15, -0.1) is 0 Å². The van der Waals surface area contributed by atoms with E-state index in [1.165, 1.54) is 11.3 Å². The van der Waals surface area contributed by atoms with E-state index in [0.717, 1.165) is 62.5 Å². The number of phenolic OH excluding ortho intramolecular Hbond substituents is 2. The number of aromatic nitrogens is 2. The number of benzene rings is 4. The summed E-state index contributed by atoms with van der Waals surface area (Å²) in [7, 11) is 0. The van der Waals surface area contributed by atoms with Crippen LogP contribution in [-0.4, -0.2) is 24.5 Å². The molecule has 0 unspecified atom stereocenters. The fourth-order valence-corrected chi connectivity index (χ4v) is 5.87. The molecule has 5 nitrogen and oxygen atoms in total. The molecule has 1 aliphatic carbocycles. The molecule has 6 aromatic rings. The second-order valence-electron chi connectivity index (χ2n) is 9.79.